The molecule has 7 heteroatoms. The first-order chi connectivity index (χ1) is 23.6. The van der Waals surface area contributed by atoms with Gasteiger partial charge in [0.15, 0.2) is 0 Å². The molecule has 1 aliphatic carbocycles. The first-order valence-electron chi connectivity index (χ1n) is 17.5. The average molecular weight is 663 g/mol. The summed E-state index contributed by atoms with van der Waals surface area (Å²) in [6.45, 7) is 7.49. The van der Waals surface area contributed by atoms with Gasteiger partial charge in [-0.15, -0.1) is 0 Å². The summed E-state index contributed by atoms with van der Waals surface area (Å²) in [4.78, 5) is 2.36. The molecule has 1 fully saturated rings. The van der Waals surface area contributed by atoms with Crippen molar-refractivity contribution in [2.45, 2.75) is 65.1 Å². The molecule has 1 aliphatic heterocycles. The van der Waals surface area contributed by atoms with Gasteiger partial charge in [-0.05, 0) is 60.6 Å². The van der Waals surface area contributed by atoms with E-state index in [0.29, 0.717) is 49.5 Å². The molecule has 0 spiro atoms. The van der Waals surface area contributed by atoms with Gasteiger partial charge >= 0.3 is 0 Å². The van der Waals surface area contributed by atoms with Crippen molar-refractivity contribution in [1.82, 2.24) is 0 Å². The van der Waals surface area contributed by atoms with Gasteiger partial charge in [0.2, 0.25) is 0 Å². The normalized spacial score (nSPS) is 20.1. The smallest absolute Gasteiger partial charge is 0.144 e. The topological polar surface area (TPSA) is 69.5 Å². The van der Waals surface area contributed by atoms with Gasteiger partial charge in [-0.1, -0.05) is 105 Å². The number of nitrogens with zero attached hydrogens (tertiary/aromatic N) is 2. The van der Waals surface area contributed by atoms with Crippen molar-refractivity contribution in [3.63, 3.8) is 0 Å². The zero-order chi connectivity index (χ0) is 33.3. The molecule has 1 heterocycles. The molecule has 1 saturated carbocycles. The maximum atomic E-state index is 10.3. The second-order valence-corrected chi connectivity index (χ2v) is 13.5. The molecule has 250 valence electrons. The van der Waals surface area contributed by atoms with E-state index in [-0.39, 0.29) is 12.0 Å². The first-order valence-corrected chi connectivity index (χ1v) is 17.9. The number of halogens is 1. The molecule has 6 rings (SSSR count). The van der Waals surface area contributed by atoms with Crippen molar-refractivity contribution in [2.75, 3.05) is 35.3 Å². The van der Waals surface area contributed by atoms with Gasteiger partial charge in [-0.2, -0.15) is 5.26 Å². The Morgan fingerprint density at radius 2 is 1.54 bits per heavy atom. The zero-order valence-corrected chi connectivity index (χ0v) is 28.9. The summed E-state index contributed by atoms with van der Waals surface area (Å²) in [5.41, 5.74) is 6.26. The van der Waals surface area contributed by atoms with E-state index in [9.17, 15) is 5.26 Å². The predicted molar refractivity (Wildman–Crippen MR) is 197 cm³/mol. The van der Waals surface area contributed by atoms with E-state index in [4.69, 9.17) is 21.1 Å². The number of rotatable bonds is 13. The lowest BCUT2D eigenvalue weighted by Gasteiger charge is -2.35. The van der Waals surface area contributed by atoms with E-state index < -0.39 is 0 Å². The summed E-state index contributed by atoms with van der Waals surface area (Å²) < 4.78 is 12.6. The molecule has 6 nitrogen and oxygen atoms in total. The maximum absolute atomic E-state index is 10.3. The molecule has 0 aromatic heterocycles. The molecule has 4 aromatic rings. The summed E-state index contributed by atoms with van der Waals surface area (Å²) in [6.07, 6.45) is 6.33. The van der Waals surface area contributed by atoms with Crippen molar-refractivity contribution >= 4 is 28.7 Å². The Morgan fingerprint density at radius 1 is 0.854 bits per heavy atom. The fraction of sp³-hybridized carbons (Fsp3) is 0.390. The highest BCUT2D eigenvalue weighted by molar-refractivity contribution is 6.32. The van der Waals surface area contributed by atoms with Crippen LogP contribution in [0.5, 0.6) is 11.5 Å². The van der Waals surface area contributed by atoms with E-state index in [0.717, 1.165) is 34.3 Å². The number of nitrogens with one attached hydrogen (secondary N) is 2. The predicted octanol–water partition coefficient (Wildman–Crippen LogP) is 10.3. The Balaban J connectivity index is 1.30. The van der Waals surface area contributed by atoms with Gasteiger partial charge in [-0.3, -0.25) is 0 Å². The van der Waals surface area contributed by atoms with E-state index in [1.54, 1.807) is 0 Å². The third kappa shape index (κ3) is 8.02. The molecule has 2 N–H and O–H groups in total. The quantitative estimate of drug-likeness (QED) is 0.148. The number of fused-ring (bicyclic) bond motifs is 1. The standard InChI is InChI=1S/C41H47ClN4O2/c1-3-31-17-11-12-18-32(31)28-48-39-20-19-34(21-36(39)42)45-41-33(24-43)25-44-37-23-40(47-4-2)38(22-35(37)41)46(26-29-13-7-5-8-14-29)27-30-15-9-6-10-16-30/h5-10,13-16,19-23,31-33,41,44-45H,3-4,11-12,17-18,25-28H2,1-2H3. The van der Waals surface area contributed by atoms with Crippen molar-refractivity contribution in [2.24, 2.45) is 17.8 Å². The van der Waals surface area contributed by atoms with Gasteiger partial charge in [0.25, 0.3) is 0 Å². The van der Waals surface area contributed by atoms with Crippen LogP contribution in [0.4, 0.5) is 17.1 Å². The van der Waals surface area contributed by atoms with Gasteiger partial charge in [0, 0.05) is 42.6 Å². The van der Waals surface area contributed by atoms with E-state index in [1.165, 1.54) is 43.2 Å². The molecule has 48 heavy (non-hydrogen) atoms. The molecule has 0 saturated heterocycles. The summed E-state index contributed by atoms with van der Waals surface area (Å²) in [6, 6.07) is 33.5. The number of hydrogen-bond acceptors (Lipinski definition) is 6. The van der Waals surface area contributed by atoms with Crippen LogP contribution in [-0.2, 0) is 13.1 Å². The highest BCUT2D eigenvalue weighted by Crippen LogP contribution is 2.44. The molecular formula is C41H47ClN4O2. The fourth-order valence-electron chi connectivity index (χ4n) is 7.33. The van der Waals surface area contributed by atoms with Crippen LogP contribution in [0.3, 0.4) is 0 Å². The lowest BCUT2D eigenvalue weighted by Crippen LogP contribution is -2.32. The van der Waals surface area contributed by atoms with Crippen LogP contribution >= 0.6 is 11.6 Å². The Kier molecular flexibility index (Phi) is 11.3. The monoisotopic (exact) mass is 662 g/mol. The Morgan fingerprint density at radius 3 is 2.17 bits per heavy atom. The lowest BCUT2D eigenvalue weighted by atomic mass is 9.78. The van der Waals surface area contributed by atoms with Crippen molar-refractivity contribution in [3.8, 4) is 17.6 Å². The first kappa shape index (κ1) is 33.6. The second-order valence-electron chi connectivity index (χ2n) is 13.1. The van der Waals surface area contributed by atoms with Crippen LogP contribution < -0.4 is 25.0 Å². The number of hydrogen-bond donors (Lipinski definition) is 2. The van der Waals surface area contributed by atoms with Crippen LogP contribution in [0, 0.1) is 29.1 Å². The molecule has 0 bridgehead atoms. The third-order valence-electron chi connectivity index (χ3n) is 9.92. The summed E-state index contributed by atoms with van der Waals surface area (Å²) >= 11 is 6.82. The number of anilines is 3. The summed E-state index contributed by atoms with van der Waals surface area (Å²) in [7, 11) is 0. The molecule has 4 unspecified atom stereocenters. The minimum Gasteiger partial charge on any atom is -0.492 e. The van der Waals surface area contributed by atoms with Gasteiger partial charge in [0.05, 0.1) is 42.0 Å². The SMILES string of the molecule is CCOc1cc2c(cc1N(Cc1ccccc1)Cc1ccccc1)C(Nc1ccc(OCC3CCCCC3CC)c(Cl)c1)C(C#N)CN2. The van der Waals surface area contributed by atoms with Crippen LogP contribution in [0.2, 0.25) is 5.02 Å². The molecular weight excluding hydrogens is 616 g/mol. The van der Waals surface area contributed by atoms with Crippen LogP contribution in [0.25, 0.3) is 0 Å². The van der Waals surface area contributed by atoms with Crippen molar-refractivity contribution in [1.29, 1.82) is 5.26 Å². The Labute approximate surface area is 291 Å². The van der Waals surface area contributed by atoms with Crippen molar-refractivity contribution in [3.05, 3.63) is 113 Å². The minimum atomic E-state index is -0.299. The summed E-state index contributed by atoms with van der Waals surface area (Å²) in [5.74, 6) is 2.54. The van der Waals surface area contributed by atoms with Gasteiger partial charge in [0.1, 0.15) is 11.5 Å². The van der Waals surface area contributed by atoms with Crippen molar-refractivity contribution < 1.29 is 9.47 Å². The van der Waals surface area contributed by atoms with Crippen LogP contribution in [0.1, 0.15) is 68.7 Å². The summed E-state index contributed by atoms with van der Waals surface area (Å²) in [5, 5.41) is 18.1. The lowest BCUT2D eigenvalue weighted by molar-refractivity contribution is 0.146. The highest BCUT2D eigenvalue weighted by Gasteiger charge is 2.32. The van der Waals surface area contributed by atoms with Gasteiger partial charge < -0.3 is 25.0 Å². The molecule has 2 aliphatic rings. The minimum absolute atomic E-state index is 0.258. The second kappa shape index (κ2) is 16.2. The number of nitriles is 1. The highest BCUT2D eigenvalue weighted by atomic mass is 35.5. The van der Waals surface area contributed by atoms with Gasteiger partial charge in [-0.25, -0.2) is 0 Å². The average Bonchev–Trinajstić information content (AvgIpc) is 3.12. The largest absolute Gasteiger partial charge is 0.492 e. The Hall–Kier alpha value is -4.34. The Bertz CT molecular complexity index is 1630. The van der Waals surface area contributed by atoms with Crippen LogP contribution in [0.15, 0.2) is 91.0 Å². The zero-order valence-electron chi connectivity index (χ0n) is 28.1. The fourth-order valence-corrected chi connectivity index (χ4v) is 7.56. The molecule has 0 amide bonds. The van der Waals surface area contributed by atoms with E-state index >= 15 is 0 Å². The maximum Gasteiger partial charge on any atom is 0.144 e. The molecule has 4 atom stereocenters. The number of benzene rings is 4. The van der Waals surface area contributed by atoms with E-state index in [1.807, 2.05) is 37.3 Å². The molecule has 4 aromatic carbocycles. The van der Waals surface area contributed by atoms with E-state index in [2.05, 4.69) is 89.2 Å². The number of ether oxygens (including phenoxy) is 2. The van der Waals surface area contributed by atoms with Crippen LogP contribution in [-0.4, -0.2) is 19.8 Å². The molecule has 0 radical (unpaired) electrons. The third-order valence-corrected chi connectivity index (χ3v) is 10.2.